The molecule has 0 heterocycles. The summed E-state index contributed by atoms with van der Waals surface area (Å²) in [5.74, 6) is -0.274. The van der Waals surface area contributed by atoms with Crippen LogP contribution < -0.4 is 0 Å². The van der Waals surface area contributed by atoms with Crippen LogP contribution in [0.2, 0.25) is 0 Å². The Morgan fingerprint density at radius 3 is 2.07 bits per heavy atom. The van der Waals surface area contributed by atoms with Gasteiger partial charge in [0.1, 0.15) is 12.1 Å². The molecule has 0 aliphatic heterocycles. The Morgan fingerprint density at radius 1 is 1.07 bits per heavy atom. The third kappa shape index (κ3) is 3.09. The number of carbonyl (C=O) groups excluding carboxylic acids is 1. The van der Waals surface area contributed by atoms with Crippen molar-refractivity contribution in [3.63, 3.8) is 0 Å². The number of aliphatic carboxylic acids is 1. The number of carbonyl (C=O) groups is 2. The minimum absolute atomic E-state index is 0.0367. The monoisotopic (exact) mass is 393 g/mol. The first-order valence-electron chi connectivity index (χ1n) is 10.2. The normalized spacial score (nSPS) is 22.6. The molecule has 1 saturated carbocycles. The fourth-order valence-electron chi connectivity index (χ4n) is 4.74. The van der Waals surface area contributed by atoms with Gasteiger partial charge in [0.15, 0.2) is 0 Å². The molecule has 4 rings (SSSR count). The average molecular weight is 393 g/mol. The molecule has 1 N–H and O–H groups in total. The summed E-state index contributed by atoms with van der Waals surface area (Å²) < 4.78 is 5.65. The molecule has 0 unspecified atom stereocenters. The Kier molecular flexibility index (Phi) is 4.85. The van der Waals surface area contributed by atoms with Crippen molar-refractivity contribution >= 4 is 12.1 Å². The molecule has 152 valence electrons. The Balaban J connectivity index is 1.49. The number of nitrogens with zero attached hydrogens (tertiary/aromatic N) is 1. The summed E-state index contributed by atoms with van der Waals surface area (Å²) in [5.41, 5.74) is 3.45. The summed E-state index contributed by atoms with van der Waals surface area (Å²) in [5, 5.41) is 9.79. The summed E-state index contributed by atoms with van der Waals surface area (Å²) in [6, 6.07) is 16.3. The number of benzene rings is 2. The second-order valence-electron chi connectivity index (χ2n) is 8.61. The van der Waals surface area contributed by atoms with E-state index in [4.69, 9.17) is 4.74 Å². The van der Waals surface area contributed by atoms with Gasteiger partial charge in [-0.05, 0) is 46.9 Å². The largest absolute Gasteiger partial charge is 0.479 e. The van der Waals surface area contributed by atoms with Gasteiger partial charge in [0, 0.05) is 13.0 Å². The van der Waals surface area contributed by atoms with E-state index in [-0.39, 0.29) is 12.5 Å². The second kappa shape index (κ2) is 7.21. The molecule has 0 aromatic heterocycles. The second-order valence-corrected chi connectivity index (χ2v) is 8.61. The van der Waals surface area contributed by atoms with Crippen molar-refractivity contribution in [2.45, 2.75) is 38.1 Å². The fourth-order valence-corrected chi connectivity index (χ4v) is 4.74. The Labute approximate surface area is 171 Å². The van der Waals surface area contributed by atoms with Gasteiger partial charge in [0.25, 0.3) is 0 Å². The summed E-state index contributed by atoms with van der Waals surface area (Å²) in [4.78, 5) is 26.0. The highest BCUT2D eigenvalue weighted by Gasteiger charge is 2.56. The number of ether oxygens (including phenoxy) is 1. The van der Waals surface area contributed by atoms with E-state index in [1.807, 2.05) is 24.3 Å². The molecule has 29 heavy (non-hydrogen) atoms. The topological polar surface area (TPSA) is 66.8 Å². The number of carboxylic acid groups (broad SMARTS) is 1. The maximum absolute atomic E-state index is 12.8. The summed E-state index contributed by atoms with van der Waals surface area (Å²) in [7, 11) is 1.55. The predicted molar refractivity (Wildman–Crippen MR) is 111 cm³/mol. The summed E-state index contributed by atoms with van der Waals surface area (Å²) in [6.07, 6.45) is 0.373. The van der Waals surface area contributed by atoms with Gasteiger partial charge in [-0.1, -0.05) is 62.4 Å². The highest BCUT2D eigenvalue weighted by Crippen LogP contribution is 2.47. The lowest BCUT2D eigenvalue weighted by Crippen LogP contribution is -2.63. The fraction of sp³-hybridized carbons (Fsp3) is 0.417. The van der Waals surface area contributed by atoms with Gasteiger partial charge in [0.05, 0.1) is 0 Å². The van der Waals surface area contributed by atoms with Crippen LogP contribution in [0.5, 0.6) is 0 Å². The molecule has 0 radical (unpaired) electrons. The number of hydrogen-bond acceptors (Lipinski definition) is 3. The molecule has 0 saturated heterocycles. The van der Waals surface area contributed by atoms with Gasteiger partial charge in [-0.25, -0.2) is 9.59 Å². The highest BCUT2D eigenvalue weighted by atomic mass is 16.6. The molecular formula is C24H27NO4. The summed E-state index contributed by atoms with van der Waals surface area (Å²) in [6.45, 7) is 4.37. The zero-order valence-corrected chi connectivity index (χ0v) is 17.1. The van der Waals surface area contributed by atoms with Gasteiger partial charge in [0.2, 0.25) is 0 Å². The zero-order chi connectivity index (χ0) is 20.8. The molecule has 0 spiro atoms. The van der Waals surface area contributed by atoms with Gasteiger partial charge < -0.3 is 9.84 Å². The molecule has 2 aliphatic rings. The molecule has 1 fully saturated rings. The zero-order valence-electron chi connectivity index (χ0n) is 17.1. The molecule has 0 atom stereocenters. The maximum atomic E-state index is 12.8. The first-order chi connectivity index (χ1) is 13.8. The molecule has 0 bridgehead atoms. The van der Waals surface area contributed by atoms with E-state index in [0.717, 1.165) is 11.1 Å². The number of amides is 1. The molecule has 5 heteroatoms. The average Bonchev–Trinajstić information content (AvgIpc) is 2.98. The third-order valence-electron chi connectivity index (χ3n) is 6.79. The van der Waals surface area contributed by atoms with Crippen LogP contribution in [0.15, 0.2) is 48.5 Å². The first kappa shape index (κ1) is 19.5. The highest BCUT2D eigenvalue weighted by molar-refractivity contribution is 5.85. The Bertz CT molecular complexity index is 900. The quantitative estimate of drug-likeness (QED) is 0.796. The molecule has 2 aliphatic carbocycles. The third-order valence-corrected chi connectivity index (χ3v) is 6.79. The van der Waals surface area contributed by atoms with Crippen LogP contribution in [0.3, 0.4) is 0 Å². The van der Waals surface area contributed by atoms with E-state index < -0.39 is 17.6 Å². The number of rotatable bonds is 5. The minimum atomic E-state index is -1.16. The number of likely N-dealkylation sites (N-methyl/N-ethyl adjacent to an activating group) is 1. The van der Waals surface area contributed by atoms with E-state index in [9.17, 15) is 14.7 Å². The van der Waals surface area contributed by atoms with E-state index in [2.05, 4.69) is 38.1 Å². The Morgan fingerprint density at radius 2 is 1.59 bits per heavy atom. The number of hydrogen-bond donors (Lipinski definition) is 1. The smallest absolute Gasteiger partial charge is 0.410 e. The molecule has 1 amide bonds. The van der Waals surface area contributed by atoms with Crippen LogP contribution >= 0.6 is 0 Å². The van der Waals surface area contributed by atoms with Gasteiger partial charge in [-0.3, -0.25) is 4.90 Å². The van der Waals surface area contributed by atoms with E-state index in [0.29, 0.717) is 24.7 Å². The minimum Gasteiger partial charge on any atom is -0.479 e. The van der Waals surface area contributed by atoms with Crippen LogP contribution in [0.4, 0.5) is 4.79 Å². The van der Waals surface area contributed by atoms with Crippen LogP contribution in [0.25, 0.3) is 11.1 Å². The van der Waals surface area contributed by atoms with Crippen LogP contribution in [0.1, 0.15) is 43.7 Å². The molecule has 5 nitrogen and oxygen atoms in total. The van der Waals surface area contributed by atoms with Crippen molar-refractivity contribution < 1.29 is 19.4 Å². The Hall–Kier alpha value is -2.82. The van der Waals surface area contributed by atoms with Gasteiger partial charge in [-0.2, -0.15) is 0 Å². The number of carboxylic acids is 1. The first-order valence-corrected chi connectivity index (χ1v) is 10.2. The van der Waals surface area contributed by atoms with E-state index in [1.54, 1.807) is 7.05 Å². The molecule has 2 aromatic rings. The lowest BCUT2D eigenvalue weighted by molar-refractivity contribution is -0.160. The van der Waals surface area contributed by atoms with Gasteiger partial charge >= 0.3 is 12.1 Å². The van der Waals surface area contributed by atoms with Crippen molar-refractivity contribution in [3.05, 3.63) is 59.7 Å². The lowest BCUT2D eigenvalue weighted by atomic mass is 9.63. The van der Waals surface area contributed by atoms with Crippen molar-refractivity contribution in [2.24, 2.45) is 11.8 Å². The van der Waals surface area contributed by atoms with Gasteiger partial charge in [-0.15, -0.1) is 0 Å². The van der Waals surface area contributed by atoms with Crippen molar-refractivity contribution in [1.29, 1.82) is 0 Å². The summed E-state index contributed by atoms with van der Waals surface area (Å²) >= 11 is 0. The van der Waals surface area contributed by atoms with Crippen molar-refractivity contribution in [1.82, 2.24) is 4.90 Å². The van der Waals surface area contributed by atoms with Crippen LogP contribution in [-0.4, -0.2) is 41.3 Å². The van der Waals surface area contributed by atoms with Crippen LogP contribution in [0, 0.1) is 11.8 Å². The van der Waals surface area contributed by atoms with E-state index >= 15 is 0 Å². The maximum Gasteiger partial charge on any atom is 0.410 e. The lowest BCUT2D eigenvalue weighted by Gasteiger charge is -2.50. The number of fused-ring (bicyclic) bond motifs is 3. The van der Waals surface area contributed by atoms with Crippen LogP contribution in [-0.2, 0) is 9.53 Å². The molecular weight excluding hydrogens is 366 g/mol. The van der Waals surface area contributed by atoms with Crippen molar-refractivity contribution in [3.8, 4) is 11.1 Å². The van der Waals surface area contributed by atoms with E-state index in [1.165, 1.54) is 16.0 Å². The SMILES string of the molecule is CC(C)C1CC(C(=O)O)(N(C)C(=O)OCC2c3ccccc3-c3ccccc32)C1. The predicted octanol–water partition coefficient (Wildman–Crippen LogP) is 4.76. The van der Waals surface area contributed by atoms with Crippen molar-refractivity contribution in [2.75, 3.05) is 13.7 Å². The standard InChI is InChI=1S/C24H27NO4/c1-15(2)16-12-24(13-16,22(26)27)25(3)23(28)29-14-21-19-10-6-4-8-17(19)18-9-5-7-11-20(18)21/h4-11,15-16,21H,12-14H2,1-3H3,(H,26,27). The molecule has 2 aromatic carbocycles.